The van der Waals surface area contributed by atoms with Crippen molar-refractivity contribution in [3.8, 4) is 11.5 Å². The van der Waals surface area contributed by atoms with Crippen LogP contribution in [0.25, 0.3) is 0 Å². The van der Waals surface area contributed by atoms with Gasteiger partial charge in [-0.15, -0.1) is 0 Å². The van der Waals surface area contributed by atoms with Gasteiger partial charge in [-0.25, -0.2) is 0 Å². The second-order valence-electron chi connectivity index (χ2n) is 7.08. The van der Waals surface area contributed by atoms with E-state index in [0.29, 0.717) is 41.2 Å². The van der Waals surface area contributed by atoms with Crippen molar-refractivity contribution in [2.75, 3.05) is 53.1 Å². The highest BCUT2D eigenvalue weighted by Crippen LogP contribution is 2.36. The summed E-state index contributed by atoms with van der Waals surface area (Å²) in [6.45, 7) is 9.88. The number of carbonyl (C=O) groups is 1. The maximum absolute atomic E-state index is 12.4. The minimum absolute atomic E-state index is 0.161. The summed E-state index contributed by atoms with van der Waals surface area (Å²) in [5.41, 5.74) is 0.472. The van der Waals surface area contributed by atoms with E-state index >= 15 is 0 Å². The molecule has 27 heavy (non-hydrogen) atoms. The van der Waals surface area contributed by atoms with E-state index in [4.69, 9.17) is 25.8 Å². The van der Waals surface area contributed by atoms with Crippen molar-refractivity contribution >= 4 is 17.5 Å². The number of carbonyl (C=O) groups excluding carboxylic acids is 1. The molecule has 0 aromatic heterocycles. The average Bonchev–Trinajstić information content (AvgIpc) is 2.66. The fourth-order valence-corrected chi connectivity index (χ4v) is 3.08. The first-order valence-electron chi connectivity index (χ1n) is 9.60. The molecule has 6 nitrogen and oxygen atoms in total. The van der Waals surface area contributed by atoms with Crippen molar-refractivity contribution in [2.24, 2.45) is 5.92 Å². The van der Waals surface area contributed by atoms with Crippen molar-refractivity contribution in [3.05, 3.63) is 22.7 Å². The molecule has 2 rings (SSSR count). The van der Waals surface area contributed by atoms with Crippen LogP contribution in [-0.2, 0) is 4.74 Å². The Hall–Kier alpha value is -1.50. The Morgan fingerprint density at radius 3 is 2.74 bits per heavy atom. The van der Waals surface area contributed by atoms with E-state index in [1.807, 2.05) is 0 Å². The molecule has 0 aliphatic carbocycles. The first-order valence-corrected chi connectivity index (χ1v) is 9.97. The lowest BCUT2D eigenvalue weighted by Crippen LogP contribution is -2.38. The van der Waals surface area contributed by atoms with Gasteiger partial charge in [0, 0.05) is 25.2 Å². The monoisotopic (exact) mass is 398 g/mol. The zero-order valence-corrected chi connectivity index (χ0v) is 17.3. The lowest BCUT2D eigenvalue weighted by Gasteiger charge is -2.26. The van der Waals surface area contributed by atoms with Crippen molar-refractivity contribution < 1.29 is 19.0 Å². The van der Waals surface area contributed by atoms with Gasteiger partial charge in [0.25, 0.3) is 5.91 Å². The quantitative estimate of drug-likeness (QED) is 0.613. The second kappa shape index (κ2) is 11.4. The Labute approximate surface area is 167 Å². The second-order valence-corrected chi connectivity index (χ2v) is 7.49. The maximum Gasteiger partial charge on any atom is 0.251 e. The van der Waals surface area contributed by atoms with Crippen LogP contribution in [0.3, 0.4) is 0 Å². The molecule has 1 amide bonds. The molecule has 1 N–H and O–H groups in total. The molecule has 1 aromatic carbocycles. The molecule has 1 aliphatic heterocycles. The first kappa shape index (κ1) is 21.8. The third-order valence-corrected chi connectivity index (χ3v) is 4.75. The number of hydrogen-bond acceptors (Lipinski definition) is 5. The largest absolute Gasteiger partial charge is 0.493 e. The van der Waals surface area contributed by atoms with Gasteiger partial charge in [-0.1, -0.05) is 25.4 Å². The molecule has 152 valence electrons. The summed E-state index contributed by atoms with van der Waals surface area (Å²) < 4.78 is 16.5. The standard InChI is InChI=1S/C20H31ClN2O4/c1-15(2)5-10-27-19-17(21)13-16(14-18(19)25-3)20(24)22-6-4-7-23-8-11-26-12-9-23/h13-15H,4-12H2,1-3H3,(H,22,24). The number of nitrogens with one attached hydrogen (secondary N) is 1. The lowest BCUT2D eigenvalue weighted by atomic mass is 10.1. The summed E-state index contributed by atoms with van der Waals surface area (Å²) in [7, 11) is 1.55. The number of amides is 1. The smallest absolute Gasteiger partial charge is 0.251 e. The molecule has 0 bridgehead atoms. The molecule has 1 aromatic rings. The Kier molecular flexibility index (Phi) is 9.18. The predicted octanol–water partition coefficient (Wildman–Crippen LogP) is 3.23. The highest BCUT2D eigenvalue weighted by Gasteiger charge is 2.16. The highest BCUT2D eigenvalue weighted by molar-refractivity contribution is 6.32. The molecule has 0 saturated carbocycles. The minimum Gasteiger partial charge on any atom is -0.493 e. The van der Waals surface area contributed by atoms with Crippen LogP contribution in [0.1, 0.15) is 37.0 Å². The summed E-state index contributed by atoms with van der Waals surface area (Å²) in [6.07, 6.45) is 1.82. The fourth-order valence-electron chi connectivity index (χ4n) is 2.82. The number of hydrogen-bond donors (Lipinski definition) is 1. The SMILES string of the molecule is COc1cc(C(=O)NCCCN2CCOCC2)cc(Cl)c1OCCC(C)C. The zero-order chi connectivity index (χ0) is 19.6. The van der Waals surface area contributed by atoms with E-state index in [0.717, 1.165) is 45.7 Å². The first-order chi connectivity index (χ1) is 13.0. The van der Waals surface area contributed by atoms with Crippen molar-refractivity contribution in [2.45, 2.75) is 26.7 Å². The van der Waals surface area contributed by atoms with Gasteiger partial charge in [0.15, 0.2) is 11.5 Å². The van der Waals surface area contributed by atoms with Crippen LogP contribution in [0.4, 0.5) is 0 Å². The van der Waals surface area contributed by atoms with Gasteiger partial charge in [-0.05, 0) is 37.4 Å². The van der Waals surface area contributed by atoms with Crippen LogP contribution in [0, 0.1) is 5.92 Å². The van der Waals surface area contributed by atoms with Crippen LogP contribution in [0.5, 0.6) is 11.5 Å². The van der Waals surface area contributed by atoms with E-state index in [2.05, 4.69) is 24.1 Å². The number of benzene rings is 1. The predicted molar refractivity (Wildman–Crippen MR) is 107 cm³/mol. The van der Waals surface area contributed by atoms with Crippen molar-refractivity contribution in [1.82, 2.24) is 10.2 Å². The van der Waals surface area contributed by atoms with E-state index in [1.54, 1.807) is 19.2 Å². The van der Waals surface area contributed by atoms with Gasteiger partial charge in [0.05, 0.1) is 32.0 Å². The molecule has 1 aliphatic rings. The number of rotatable bonds is 10. The third-order valence-electron chi connectivity index (χ3n) is 4.47. The van der Waals surface area contributed by atoms with Crippen LogP contribution in [0.15, 0.2) is 12.1 Å². The average molecular weight is 399 g/mol. The molecule has 0 radical (unpaired) electrons. The van der Waals surface area contributed by atoms with Crippen LogP contribution < -0.4 is 14.8 Å². The van der Waals surface area contributed by atoms with Gasteiger partial charge < -0.3 is 19.5 Å². The van der Waals surface area contributed by atoms with Gasteiger partial charge in [-0.3, -0.25) is 9.69 Å². The highest BCUT2D eigenvalue weighted by atomic mass is 35.5. The van der Waals surface area contributed by atoms with E-state index in [1.165, 1.54) is 0 Å². The van der Waals surface area contributed by atoms with Gasteiger partial charge in [-0.2, -0.15) is 0 Å². The Balaban J connectivity index is 1.86. The summed E-state index contributed by atoms with van der Waals surface area (Å²) in [5.74, 6) is 1.34. The Morgan fingerprint density at radius 2 is 2.07 bits per heavy atom. The topological polar surface area (TPSA) is 60.0 Å². The number of nitrogens with zero attached hydrogens (tertiary/aromatic N) is 1. The van der Waals surface area contributed by atoms with Crippen LogP contribution in [0.2, 0.25) is 5.02 Å². The van der Waals surface area contributed by atoms with Crippen molar-refractivity contribution in [1.29, 1.82) is 0 Å². The van der Waals surface area contributed by atoms with E-state index in [-0.39, 0.29) is 5.91 Å². The maximum atomic E-state index is 12.4. The molecule has 1 heterocycles. The summed E-state index contributed by atoms with van der Waals surface area (Å²) in [5, 5.41) is 3.33. The minimum atomic E-state index is -0.161. The molecule has 1 fully saturated rings. The third kappa shape index (κ3) is 7.20. The summed E-state index contributed by atoms with van der Waals surface area (Å²) in [6, 6.07) is 3.31. The van der Waals surface area contributed by atoms with Gasteiger partial charge in [0.2, 0.25) is 0 Å². The number of morpholine rings is 1. The zero-order valence-electron chi connectivity index (χ0n) is 16.6. The fraction of sp³-hybridized carbons (Fsp3) is 0.650. The summed E-state index contributed by atoms with van der Waals surface area (Å²) in [4.78, 5) is 14.8. The van der Waals surface area contributed by atoms with E-state index < -0.39 is 0 Å². The molecular weight excluding hydrogens is 368 g/mol. The molecular formula is C20H31ClN2O4. The van der Waals surface area contributed by atoms with Crippen molar-refractivity contribution in [3.63, 3.8) is 0 Å². The number of ether oxygens (including phenoxy) is 3. The Bertz CT molecular complexity index is 604. The molecule has 0 spiro atoms. The van der Waals surface area contributed by atoms with Gasteiger partial charge >= 0.3 is 0 Å². The molecule has 7 heteroatoms. The van der Waals surface area contributed by atoms with Gasteiger partial charge in [0.1, 0.15) is 0 Å². The number of methoxy groups -OCH3 is 1. The number of halogens is 1. The molecule has 0 unspecified atom stereocenters. The molecule has 0 atom stereocenters. The normalized spacial score (nSPS) is 15.0. The molecule has 1 saturated heterocycles. The van der Waals surface area contributed by atoms with Crippen LogP contribution >= 0.6 is 11.6 Å². The summed E-state index contributed by atoms with van der Waals surface area (Å²) >= 11 is 6.33. The van der Waals surface area contributed by atoms with Crippen LogP contribution in [-0.4, -0.2) is 63.9 Å². The Morgan fingerprint density at radius 1 is 1.33 bits per heavy atom. The van der Waals surface area contributed by atoms with E-state index in [9.17, 15) is 4.79 Å². The lowest BCUT2D eigenvalue weighted by molar-refractivity contribution is 0.0374.